The molecule has 2 aromatic rings. The van der Waals surface area contributed by atoms with E-state index in [2.05, 4.69) is 36.8 Å². The van der Waals surface area contributed by atoms with Crippen LogP contribution in [-0.2, 0) is 6.54 Å². The van der Waals surface area contributed by atoms with Crippen LogP contribution < -0.4 is 0 Å². The molecule has 0 saturated heterocycles. The fourth-order valence-electron chi connectivity index (χ4n) is 1.50. The third-order valence-corrected chi connectivity index (χ3v) is 4.32. The Morgan fingerprint density at radius 1 is 1.44 bits per heavy atom. The highest BCUT2D eigenvalue weighted by Gasteiger charge is 2.14. The van der Waals surface area contributed by atoms with E-state index >= 15 is 0 Å². The summed E-state index contributed by atoms with van der Waals surface area (Å²) in [7, 11) is 1.77. The van der Waals surface area contributed by atoms with Crippen molar-refractivity contribution in [3.63, 3.8) is 0 Å². The lowest BCUT2D eigenvalue weighted by Crippen LogP contribution is -2.26. The van der Waals surface area contributed by atoms with Gasteiger partial charge in [-0.2, -0.15) is 0 Å². The minimum Gasteiger partial charge on any atom is -0.336 e. The van der Waals surface area contributed by atoms with Crippen molar-refractivity contribution in [1.82, 2.24) is 9.88 Å². The fraction of sp³-hybridized carbons (Fsp3) is 0.167. The summed E-state index contributed by atoms with van der Waals surface area (Å²) in [6.45, 7) is 0.578. The van der Waals surface area contributed by atoms with Crippen molar-refractivity contribution >= 4 is 49.1 Å². The number of pyridine rings is 1. The minimum atomic E-state index is -0.0846. The molecule has 1 amide bonds. The summed E-state index contributed by atoms with van der Waals surface area (Å²) < 4.78 is 1.74. The zero-order valence-electron chi connectivity index (χ0n) is 9.56. The van der Waals surface area contributed by atoms with Crippen LogP contribution >= 0.6 is 43.2 Å². The number of hydrogen-bond donors (Lipinski definition) is 0. The molecule has 0 fully saturated rings. The largest absolute Gasteiger partial charge is 0.336 e. The lowest BCUT2D eigenvalue weighted by Gasteiger charge is -2.15. The molecule has 0 atom stereocenters. The van der Waals surface area contributed by atoms with Crippen molar-refractivity contribution in [2.24, 2.45) is 0 Å². The molecule has 18 heavy (non-hydrogen) atoms. The monoisotopic (exact) mass is 388 g/mol. The normalized spacial score (nSPS) is 10.4. The van der Waals surface area contributed by atoms with E-state index in [1.165, 1.54) is 0 Å². The van der Waals surface area contributed by atoms with Gasteiger partial charge in [-0.05, 0) is 61.0 Å². The smallest absolute Gasteiger partial charge is 0.272 e. The summed E-state index contributed by atoms with van der Waals surface area (Å²) in [6, 6.07) is 7.34. The van der Waals surface area contributed by atoms with E-state index in [4.69, 9.17) is 0 Å². The first-order valence-electron chi connectivity index (χ1n) is 5.17. The molecule has 0 aromatic carbocycles. The van der Waals surface area contributed by atoms with Gasteiger partial charge in [0.15, 0.2) is 0 Å². The van der Waals surface area contributed by atoms with Crippen molar-refractivity contribution in [3.05, 3.63) is 49.3 Å². The number of halogens is 2. The summed E-state index contributed by atoms with van der Waals surface area (Å²) in [5.74, 6) is -0.0846. The molecule has 0 bridgehead atoms. The molecule has 0 saturated carbocycles. The number of thiophene rings is 1. The van der Waals surface area contributed by atoms with Crippen LogP contribution in [0.25, 0.3) is 0 Å². The summed E-state index contributed by atoms with van der Waals surface area (Å²) in [6.07, 6.45) is 0. The van der Waals surface area contributed by atoms with E-state index in [1.807, 2.05) is 11.4 Å². The van der Waals surface area contributed by atoms with Crippen molar-refractivity contribution < 1.29 is 4.79 Å². The maximum absolute atomic E-state index is 12.1. The molecule has 3 nitrogen and oxygen atoms in total. The number of aromatic nitrogens is 1. The molecule has 6 heteroatoms. The SMILES string of the molecule is CN(Cc1csc(Br)c1)C(=O)c1cccc(Br)n1. The predicted molar refractivity (Wildman–Crippen MR) is 79.8 cm³/mol. The average Bonchev–Trinajstić information content (AvgIpc) is 2.73. The standard InChI is InChI=1S/C12H10Br2N2OS/c1-16(6-8-5-11(14)18-7-8)12(17)9-3-2-4-10(13)15-9/h2-5,7H,6H2,1H3. The van der Waals surface area contributed by atoms with E-state index in [0.717, 1.165) is 9.35 Å². The second-order valence-electron chi connectivity index (χ2n) is 3.77. The highest BCUT2D eigenvalue weighted by Crippen LogP contribution is 2.21. The van der Waals surface area contributed by atoms with Crippen LogP contribution in [0.5, 0.6) is 0 Å². The molecule has 2 aromatic heterocycles. The van der Waals surface area contributed by atoms with Gasteiger partial charge in [-0.1, -0.05) is 6.07 Å². The van der Waals surface area contributed by atoms with E-state index in [9.17, 15) is 4.79 Å². The van der Waals surface area contributed by atoms with Crippen LogP contribution in [-0.4, -0.2) is 22.8 Å². The molecule has 0 aliphatic carbocycles. The molecule has 0 aliphatic rings. The first-order chi connectivity index (χ1) is 8.56. The van der Waals surface area contributed by atoms with Gasteiger partial charge in [-0.3, -0.25) is 4.79 Å². The van der Waals surface area contributed by atoms with Crippen LogP contribution in [0.15, 0.2) is 38.0 Å². The summed E-state index contributed by atoms with van der Waals surface area (Å²) >= 11 is 8.29. The van der Waals surface area contributed by atoms with Gasteiger partial charge in [0, 0.05) is 13.6 Å². The third kappa shape index (κ3) is 3.40. The average molecular weight is 390 g/mol. The number of carbonyl (C=O) groups excluding carboxylic acids is 1. The van der Waals surface area contributed by atoms with Crippen molar-refractivity contribution in [2.75, 3.05) is 7.05 Å². The zero-order valence-corrected chi connectivity index (χ0v) is 13.5. The first-order valence-corrected chi connectivity index (χ1v) is 7.64. The van der Waals surface area contributed by atoms with Gasteiger partial charge in [0.1, 0.15) is 10.3 Å². The van der Waals surface area contributed by atoms with Gasteiger partial charge in [0.25, 0.3) is 5.91 Å². The molecule has 2 rings (SSSR count). The lowest BCUT2D eigenvalue weighted by molar-refractivity contribution is 0.0779. The molecular formula is C12H10Br2N2OS. The molecule has 94 valence electrons. The molecular weight excluding hydrogens is 380 g/mol. The maximum atomic E-state index is 12.1. The Morgan fingerprint density at radius 2 is 2.22 bits per heavy atom. The molecule has 0 unspecified atom stereocenters. The second-order valence-corrected chi connectivity index (χ2v) is 6.87. The Kier molecular flexibility index (Phi) is 4.53. The van der Waals surface area contributed by atoms with E-state index < -0.39 is 0 Å². The van der Waals surface area contributed by atoms with Gasteiger partial charge in [0.2, 0.25) is 0 Å². The van der Waals surface area contributed by atoms with Crippen LogP contribution in [0.3, 0.4) is 0 Å². The van der Waals surface area contributed by atoms with Gasteiger partial charge in [-0.15, -0.1) is 11.3 Å². The Bertz CT molecular complexity index is 571. The van der Waals surface area contributed by atoms with Gasteiger partial charge in [-0.25, -0.2) is 4.98 Å². The van der Waals surface area contributed by atoms with E-state index in [-0.39, 0.29) is 5.91 Å². The Labute approximate surface area is 126 Å². The lowest BCUT2D eigenvalue weighted by atomic mass is 10.3. The number of amides is 1. The van der Waals surface area contributed by atoms with E-state index in [1.54, 1.807) is 41.5 Å². The second kappa shape index (κ2) is 5.95. The summed E-state index contributed by atoms with van der Waals surface area (Å²) in [5.41, 5.74) is 1.55. The summed E-state index contributed by atoms with van der Waals surface area (Å²) in [4.78, 5) is 18.0. The van der Waals surface area contributed by atoms with Crippen molar-refractivity contribution in [2.45, 2.75) is 6.54 Å². The molecule has 0 N–H and O–H groups in total. The predicted octanol–water partition coefficient (Wildman–Crippen LogP) is 3.94. The first kappa shape index (κ1) is 13.7. The molecule has 2 heterocycles. The van der Waals surface area contributed by atoms with Crippen LogP contribution in [0, 0.1) is 0 Å². The number of nitrogens with zero attached hydrogens (tertiary/aromatic N) is 2. The maximum Gasteiger partial charge on any atom is 0.272 e. The Balaban J connectivity index is 2.09. The number of rotatable bonds is 3. The highest BCUT2D eigenvalue weighted by atomic mass is 79.9. The molecule has 0 spiro atoms. The third-order valence-electron chi connectivity index (χ3n) is 2.32. The number of hydrogen-bond acceptors (Lipinski definition) is 3. The quantitative estimate of drug-likeness (QED) is 0.745. The van der Waals surface area contributed by atoms with Crippen molar-refractivity contribution in [1.29, 1.82) is 0 Å². The van der Waals surface area contributed by atoms with E-state index in [0.29, 0.717) is 16.8 Å². The zero-order chi connectivity index (χ0) is 13.1. The van der Waals surface area contributed by atoms with Gasteiger partial charge in [0.05, 0.1) is 3.79 Å². The highest BCUT2D eigenvalue weighted by molar-refractivity contribution is 9.11. The fourth-order valence-corrected chi connectivity index (χ4v) is 3.04. The summed E-state index contributed by atoms with van der Waals surface area (Å²) in [5, 5.41) is 2.03. The molecule has 0 radical (unpaired) electrons. The van der Waals surface area contributed by atoms with Crippen molar-refractivity contribution in [3.8, 4) is 0 Å². The van der Waals surface area contributed by atoms with Gasteiger partial charge < -0.3 is 4.90 Å². The van der Waals surface area contributed by atoms with Gasteiger partial charge >= 0.3 is 0 Å². The van der Waals surface area contributed by atoms with Crippen LogP contribution in [0.2, 0.25) is 0 Å². The number of carbonyl (C=O) groups is 1. The van der Waals surface area contributed by atoms with Crippen LogP contribution in [0.1, 0.15) is 16.1 Å². The Hall–Kier alpha value is -0.720. The minimum absolute atomic E-state index is 0.0846. The Morgan fingerprint density at radius 3 is 2.83 bits per heavy atom. The van der Waals surface area contributed by atoms with Crippen LogP contribution in [0.4, 0.5) is 0 Å². The topological polar surface area (TPSA) is 33.2 Å². The molecule has 0 aliphatic heterocycles.